The fraction of sp³-hybridized carbons (Fsp3) is 0.467. The third-order valence-corrected chi connectivity index (χ3v) is 3.77. The molecule has 0 bridgehead atoms. The molecule has 118 valence electrons. The van der Waals surface area contributed by atoms with Gasteiger partial charge in [-0.05, 0) is 31.4 Å². The van der Waals surface area contributed by atoms with Crippen LogP contribution in [0.15, 0.2) is 27.4 Å². The Morgan fingerprint density at radius 3 is 3.09 bits per heavy atom. The van der Waals surface area contributed by atoms with Gasteiger partial charge in [0.2, 0.25) is 0 Å². The Kier molecular flexibility index (Phi) is 4.15. The minimum absolute atomic E-state index is 0.106. The largest absolute Gasteiger partial charge is 0.417 e. The van der Waals surface area contributed by atoms with Gasteiger partial charge in [-0.1, -0.05) is 0 Å². The van der Waals surface area contributed by atoms with Crippen LogP contribution in [0, 0.1) is 0 Å². The molecule has 1 atom stereocenters. The van der Waals surface area contributed by atoms with E-state index in [1.165, 1.54) is 0 Å². The summed E-state index contributed by atoms with van der Waals surface area (Å²) in [5.41, 5.74) is 1.60. The van der Waals surface area contributed by atoms with Crippen LogP contribution in [0.25, 0.3) is 11.1 Å². The number of urea groups is 1. The summed E-state index contributed by atoms with van der Waals surface area (Å²) in [6, 6.07) is 4.82. The highest BCUT2D eigenvalue weighted by molar-refractivity contribution is 5.91. The van der Waals surface area contributed by atoms with Gasteiger partial charge in [0.15, 0.2) is 5.58 Å². The third-order valence-electron chi connectivity index (χ3n) is 3.77. The first kappa shape index (κ1) is 14.6. The van der Waals surface area contributed by atoms with Crippen LogP contribution >= 0.6 is 0 Å². The molecule has 0 spiro atoms. The molecule has 2 amide bonds. The second kappa shape index (κ2) is 6.23. The first-order chi connectivity index (χ1) is 10.6. The molecule has 1 saturated heterocycles. The Bertz CT molecular complexity index is 715. The van der Waals surface area contributed by atoms with Crippen molar-refractivity contribution in [1.29, 1.82) is 0 Å². The van der Waals surface area contributed by atoms with Crippen LogP contribution in [-0.4, -0.2) is 42.2 Å². The topological polar surface area (TPSA) is 87.6 Å². The van der Waals surface area contributed by atoms with Crippen LogP contribution in [-0.2, 0) is 4.74 Å². The predicted molar refractivity (Wildman–Crippen MR) is 82.1 cm³/mol. The van der Waals surface area contributed by atoms with Crippen molar-refractivity contribution in [3.63, 3.8) is 0 Å². The molecule has 2 N–H and O–H groups in total. The SMILES string of the molecule is CN(C[C@H]1CCCCO1)C(=O)Nc1ccc2[nH]c(=O)oc2c1. The van der Waals surface area contributed by atoms with Crippen molar-refractivity contribution in [2.45, 2.75) is 25.4 Å². The molecule has 2 heterocycles. The van der Waals surface area contributed by atoms with E-state index in [0.29, 0.717) is 23.3 Å². The molecule has 0 saturated carbocycles. The number of carbonyl (C=O) groups excluding carboxylic acids is 1. The first-order valence-electron chi connectivity index (χ1n) is 7.38. The number of likely N-dealkylation sites (N-methyl/N-ethyl adjacent to an activating group) is 1. The maximum atomic E-state index is 12.2. The Hall–Kier alpha value is -2.28. The number of amides is 2. The van der Waals surface area contributed by atoms with Crippen LogP contribution in [0.4, 0.5) is 10.5 Å². The van der Waals surface area contributed by atoms with Gasteiger partial charge >= 0.3 is 11.8 Å². The van der Waals surface area contributed by atoms with Gasteiger partial charge in [0.25, 0.3) is 0 Å². The quantitative estimate of drug-likeness (QED) is 0.909. The van der Waals surface area contributed by atoms with E-state index in [4.69, 9.17) is 9.15 Å². The summed E-state index contributed by atoms with van der Waals surface area (Å²) in [6.45, 7) is 1.33. The number of anilines is 1. The van der Waals surface area contributed by atoms with Crippen molar-refractivity contribution in [1.82, 2.24) is 9.88 Å². The first-order valence-corrected chi connectivity index (χ1v) is 7.38. The Balaban J connectivity index is 1.62. The fourth-order valence-electron chi connectivity index (χ4n) is 2.58. The van der Waals surface area contributed by atoms with E-state index >= 15 is 0 Å². The van der Waals surface area contributed by atoms with Crippen LogP contribution in [0.3, 0.4) is 0 Å². The van der Waals surface area contributed by atoms with Crippen molar-refractivity contribution in [3.05, 3.63) is 28.7 Å². The van der Waals surface area contributed by atoms with Crippen LogP contribution < -0.4 is 11.1 Å². The summed E-state index contributed by atoms with van der Waals surface area (Å²) >= 11 is 0. The average molecular weight is 305 g/mol. The lowest BCUT2D eigenvalue weighted by Crippen LogP contribution is -2.39. The molecular formula is C15H19N3O4. The molecule has 2 aromatic rings. The van der Waals surface area contributed by atoms with Gasteiger partial charge in [-0.25, -0.2) is 9.59 Å². The lowest BCUT2D eigenvalue weighted by atomic mass is 10.1. The van der Waals surface area contributed by atoms with Gasteiger partial charge < -0.3 is 19.4 Å². The lowest BCUT2D eigenvalue weighted by Gasteiger charge is -2.27. The number of rotatable bonds is 3. The smallest absolute Gasteiger partial charge is 0.408 e. The Morgan fingerprint density at radius 2 is 2.32 bits per heavy atom. The highest BCUT2D eigenvalue weighted by atomic mass is 16.5. The zero-order chi connectivity index (χ0) is 15.5. The maximum Gasteiger partial charge on any atom is 0.417 e. The summed E-state index contributed by atoms with van der Waals surface area (Å²) in [5, 5.41) is 2.79. The number of aromatic amines is 1. The zero-order valence-electron chi connectivity index (χ0n) is 12.4. The average Bonchev–Trinajstić information content (AvgIpc) is 2.87. The summed E-state index contributed by atoms with van der Waals surface area (Å²) in [7, 11) is 1.74. The fourth-order valence-corrected chi connectivity index (χ4v) is 2.58. The molecular weight excluding hydrogens is 286 g/mol. The van der Waals surface area contributed by atoms with Gasteiger partial charge in [0.1, 0.15) is 0 Å². The van der Waals surface area contributed by atoms with Crippen molar-refractivity contribution < 1.29 is 13.9 Å². The number of oxazole rings is 1. The molecule has 1 fully saturated rings. The number of carbonyl (C=O) groups is 1. The molecule has 22 heavy (non-hydrogen) atoms. The lowest BCUT2D eigenvalue weighted by molar-refractivity contribution is 0.00463. The summed E-state index contributed by atoms with van der Waals surface area (Å²) < 4.78 is 10.6. The molecule has 7 nitrogen and oxygen atoms in total. The monoisotopic (exact) mass is 305 g/mol. The number of nitrogens with zero attached hydrogens (tertiary/aromatic N) is 1. The van der Waals surface area contributed by atoms with E-state index in [1.54, 1.807) is 30.1 Å². The highest BCUT2D eigenvalue weighted by Crippen LogP contribution is 2.17. The molecule has 0 aliphatic carbocycles. The molecule has 0 unspecified atom stereocenters. The maximum absolute atomic E-state index is 12.2. The number of aromatic nitrogens is 1. The predicted octanol–water partition coefficient (Wildman–Crippen LogP) is 2.15. The molecule has 7 heteroatoms. The Morgan fingerprint density at radius 1 is 1.45 bits per heavy atom. The molecule has 1 aromatic heterocycles. The molecule has 1 aliphatic heterocycles. The number of benzene rings is 1. The van der Waals surface area contributed by atoms with Gasteiger partial charge in [-0.2, -0.15) is 0 Å². The molecule has 1 aromatic carbocycles. The van der Waals surface area contributed by atoms with E-state index in [9.17, 15) is 9.59 Å². The summed E-state index contributed by atoms with van der Waals surface area (Å²) in [4.78, 5) is 27.5. The normalized spacial score (nSPS) is 18.3. The minimum atomic E-state index is -0.509. The van der Waals surface area contributed by atoms with Crippen molar-refractivity contribution in [2.24, 2.45) is 0 Å². The van der Waals surface area contributed by atoms with Crippen molar-refractivity contribution in [2.75, 3.05) is 25.5 Å². The molecule has 1 aliphatic rings. The number of ether oxygens (including phenoxy) is 1. The highest BCUT2D eigenvalue weighted by Gasteiger charge is 2.19. The van der Waals surface area contributed by atoms with Gasteiger partial charge in [0.05, 0.1) is 11.6 Å². The van der Waals surface area contributed by atoms with E-state index in [0.717, 1.165) is 25.9 Å². The second-order valence-electron chi connectivity index (χ2n) is 5.52. The molecule has 3 rings (SSSR count). The van der Waals surface area contributed by atoms with Crippen LogP contribution in [0.2, 0.25) is 0 Å². The van der Waals surface area contributed by atoms with Gasteiger partial charge in [-0.3, -0.25) is 4.98 Å². The summed E-state index contributed by atoms with van der Waals surface area (Å²) in [5.74, 6) is -0.509. The molecule has 0 radical (unpaired) electrons. The van der Waals surface area contributed by atoms with E-state index in [2.05, 4.69) is 10.3 Å². The number of nitrogens with one attached hydrogen (secondary N) is 2. The van der Waals surface area contributed by atoms with Crippen LogP contribution in [0.5, 0.6) is 0 Å². The number of hydrogen-bond acceptors (Lipinski definition) is 4. The minimum Gasteiger partial charge on any atom is -0.408 e. The van der Waals surface area contributed by atoms with Crippen LogP contribution in [0.1, 0.15) is 19.3 Å². The van der Waals surface area contributed by atoms with Crippen molar-refractivity contribution >= 4 is 22.8 Å². The zero-order valence-corrected chi connectivity index (χ0v) is 12.4. The van der Waals surface area contributed by atoms with Crippen molar-refractivity contribution in [3.8, 4) is 0 Å². The summed E-state index contributed by atoms with van der Waals surface area (Å²) in [6.07, 6.45) is 3.32. The Labute approximate surface area is 127 Å². The number of H-pyrrole nitrogens is 1. The second-order valence-corrected chi connectivity index (χ2v) is 5.52. The van der Waals surface area contributed by atoms with E-state index in [-0.39, 0.29) is 12.1 Å². The standard InChI is InChI=1S/C15H19N3O4/c1-18(9-11-4-2-3-7-21-11)14(19)16-10-5-6-12-13(8-10)22-15(20)17-12/h5-6,8,11H,2-4,7,9H2,1H3,(H,16,19)(H,17,20)/t11-/m1/s1. The third kappa shape index (κ3) is 3.30. The van der Waals surface area contributed by atoms with E-state index in [1.807, 2.05) is 0 Å². The number of fused-ring (bicyclic) bond motifs is 1. The number of hydrogen-bond donors (Lipinski definition) is 2. The van der Waals surface area contributed by atoms with Gasteiger partial charge in [-0.15, -0.1) is 0 Å². The van der Waals surface area contributed by atoms with E-state index < -0.39 is 5.76 Å². The van der Waals surface area contributed by atoms with Gasteiger partial charge in [0, 0.05) is 32.0 Å².